The van der Waals surface area contributed by atoms with E-state index in [1.54, 1.807) is 6.07 Å². The van der Waals surface area contributed by atoms with E-state index >= 15 is 0 Å². The van der Waals surface area contributed by atoms with Crippen molar-refractivity contribution in [3.05, 3.63) is 40.0 Å². The average molecular weight is 461 g/mol. The van der Waals surface area contributed by atoms with Gasteiger partial charge in [-0.25, -0.2) is 0 Å². The molecule has 0 spiro atoms. The maximum atomic E-state index is 6.58. The highest BCUT2D eigenvalue weighted by Gasteiger charge is 2.32. The second-order valence-electron chi connectivity index (χ2n) is 8.40. The normalized spacial score (nSPS) is 15.8. The van der Waals surface area contributed by atoms with Gasteiger partial charge in [-0.2, -0.15) is 5.10 Å². The number of hydrogen-bond acceptors (Lipinski definition) is 3. The van der Waals surface area contributed by atoms with Crippen molar-refractivity contribution in [2.24, 2.45) is 4.99 Å². The van der Waals surface area contributed by atoms with Crippen LogP contribution in [0.1, 0.15) is 72.4 Å². The highest BCUT2D eigenvalue weighted by Crippen LogP contribution is 2.43. The topological polar surface area (TPSA) is 33.4 Å². The molecular formula is C25H34Cl2N4. The standard InChI is InChI=1S/C25H34Cl2N4/c1-6-9-11-19(10-7-2)30-14-15-31-25(22(30)8-3)24(28-17(4)5)23(29-31)20-13-12-18(26)16-21(20)27/h8,12-13,16,19H,6-7,9-11,14-15H2,1-5H3/b22-8+. The molecule has 0 saturated heterocycles. The number of aromatic nitrogens is 2. The largest absolute Gasteiger partial charge is 0.365 e. The quantitative estimate of drug-likeness (QED) is 0.373. The monoisotopic (exact) mass is 460 g/mol. The van der Waals surface area contributed by atoms with Gasteiger partial charge in [0.05, 0.1) is 17.3 Å². The molecule has 0 N–H and O–H groups in total. The lowest BCUT2D eigenvalue weighted by Gasteiger charge is -2.39. The van der Waals surface area contributed by atoms with Crippen LogP contribution in [0.2, 0.25) is 10.0 Å². The van der Waals surface area contributed by atoms with E-state index in [0.717, 1.165) is 41.4 Å². The summed E-state index contributed by atoms with van der Waals surface area (Å²) in [6, 6.07) is 6.12. The average Bonchev–Trinajstić information content (AvgIpc) is 3.08. The Morgan fingerprint density at radius 1 is 1.16 bits per heavy atom. The van der Waals surface area contributed by atoms with E-state index in [0.29, 0.717) is 16.1 Å². The van der Waals surface area contributed by atoms with Gasteiger partial charge in [-0.1, -0.05) is 62.4 Å². The van der Waals surface area contributed by atoms with Crippen LogP contribution in [0.4, 0.5) is 5.69 Å². The maximum absolute atomic E-state index is 6.58. The van der Waals surface area contributed by atoms with Gasteiger partial charge in [0.15, 0.2) is 0 Å². The number of unbranched alkanes of at least 4 members (excludes halogenated alkanes) is 1. The molecule has 0 amide bonds. The van der Waals surface area contributed by atoms with Crippen molar-refractivity contribution in [2.45, 2.75) is 79.3 Å². The fourth-order valence-electron chi connectivity index (χ4n) is 4.43. The molecule has 0 saturated carbocycles. The lowest BCUT2D eigenvalue weighted by atomic mass is 10.00. The second-order valence-corrected chi connectivity index (χ2v) is 9.25. The van der Waals surface area contributed by atoms with Crippen molar-refractivity contribution in [3.8, 4) is 11.3 Å². The van der Waals surface area contributed by atoms with Crippen molar-refractivity contribution in [3.63, 3.8) is 0 Å². The van der Waals surface area contributed by atoms with Crippen molar-refractivity contribution in [2.75, 3.05) is 6.54 Å². The number of rotatable bonds is 8. The first kappa shape index (κ1) is 23.9. The molecule has 0 fully saturated rings. The molecule has 1 aliphatic heterocycles. The lowest BCUT2D eigenvalue weighted by Crippen LogP contribution is -2.40. The number of aliphatic imine (C=N–C) groups is 1. The number of fused-ring (bicyclic) bond motifs is 1. The lowest BCUT2D eigenvalue weighted by molar-refractivity contribution is 0.231. The molecule has 0 radical (unpaired) electrons. The summed E-state index contributed by atoms with van der Waals surface area (Å²) in [5.41, 5.74) is 5.89. The summed E-state index contributed by atoms with van der Waals surface area (Å²) < 4.78 is 2.11. The van der Waals surface area contributed by atoms with Gasteiger partial charge in [-0.15, -0.1) is 0 Å². The van der Waals surface area contributed by atoms with E-state index in [9.17, 15) is 0 Å². The summed E-state index contributed by atoms with van der Waals surface area (Å²) in [7, 11) is 0. The van der Waals surface area contributed by atoms with Crippen LogP contribution >= 0.6 is 23.2 Å². The second kappa shape index (κ2) is 10.7. The van der Waals surface area contributed by atoms with E-state index in [-0.39, 0.29) is 0 Å². The summed E-state index contributed by atoms with van der Waals surface area (Å²) >= 11 is 12.7. The summed E-state index contributed by atoms with van der Waals surface area (Å²) in [6.45, 7) is 12.5. The van der Waals surface area contributed by atoms with Crippen LogP contribution in [-0.4, -0.2) is 33.0 Å². The zero-order chi connectivity index (χ0) is 22.5. The third-order valence-corrected chi connectivity index (χ3v) is 6.33. The third kappa shape index (κ3) is 5.18. The van der Waals surface area contributed by atoms with Crippen molar-refractivity contribution < 1.29 is 0 Å². The van der Waals surface area contributed by atoms with Crippen molar-refractivity contribution in [1.29, 1.82) is 0 Å². The van der Waals surface area contributed by atoms with Gasteiger partial charge in [0.1, 0.15) is 17.1 Å². The molecule has 2 heterocycles. The zero-order valence-electron chi connectivity index (χ0n) is 19.4. The molecule has 1 aromatic carbocycles. The van der Waals surface area contributed by atoms with E-state index in [4.69, 9.17) is 33.3 Å². The number of hydrogen-bond donors (Lipinski definition) is 0. The predicted octanol–water partition coefficient (Wildman–Crippen LogP) is 8.00. The first-order chi connectivity index (χ1) is 14.9. The SMILES string of the molecule is C/C=C1\c2c(N=C(C)C)c(-c3ccc(Cl)cc3Cl)nn2CCN1C(CCC)CCCC. The molecule has 1 unspecified atom stereocenters. The van der Waals surface area contributed by atoms with Crippen molar-refractivity contribution >= 4 is 40.3 Å². The van der Waals surface area contributed by atoms with Gasteiger partial charge in [-0.05, 0) is 51.8 Å². The fraction of sp³-hybridized carbons (Fsp3) is 0.520. The van der Waals surface area contributed by atoms with Crippen molar-refractivity contribution in [1.82, 2.24) is 14.7 Å². The predicted molar refractivity (Wildman–Crippen MR) is 135 cm³/mol. The molecule has 168 valence electrons. The first-order valence-corrected chi connectivity index (χ1v) is 12.2. The van der Waals surface area contributed by atoms with E-state index in [2.05, 4.69) is 36.4 Å². The van der Waals surface area contributed by atoms with E-state index in [1.807, 2.05) is 26.0 Å². The molecule has 3 rings (SSSR count). The molecule has 6 heteroatoms. The minimum absolute atomic E-state index is 0.543. The smallest absolute Gasteiger partial charge is 0.120 e. The Labute approximate surface area is 197 Å². The molecular weight excluding hydrogens is 427 g/mol. The Hall–Kier alpha value is -1.78. The molecule has 4 nitrogen and oxygen atoms in total. The van der Waals surface area contributed by atoms with Gasteiger partial charge in [0.2, 0.25) is 0 Å². The minimum Gasteiger partial charge on any atom is -0.365 e. The van der Waals surface area contributed by atoms with E-state index in [1.165, 1.54) is 37.8 Å². The third-order valence-electron chi connectivity index (χ3n) is 5.78. The Morgan fingerprint density at radius 3 is 2.55 bits per heavy atom. The summed E-state index contributed by atoms with van der Waals surface area (Å²) in [5.74, 6) is 0. The summed E-state index contributed by atoms with van der Waals surface area (Å²) in [6.07, 6.45) is 8.30. The van der Waals surface area contributed by atoms with Crippen LogP contribution in [0.3, 0.4) is 0 Å². The van der Waals surface area contributed by atoms with Crippen LogP contribution in [0.5, 0.6) is 0 Å². The number of nitrogens with zero attached hydrogens (tertiary/aromatic N) is 4. The highest BCUT2D eigenvalue weighted by molar-refractivity contribution is 6.36. The van der Waals surface area contributed by atoms with E-state index < -0.39 is 0 Å². The summed E-state index contributed by atoms with van der Waals surface area (Å²) in [5, 5.41) is 6.19. The Bertz CT molecular complexity index is 970. The van der Waals surface area contributed by atoms with Crippen LogP contribution in [0, 0.1) is 0 Å². The highest BCUT2D eigenvalue weighted by atomic mass is 35.5. The molecule has 2 aromatic rings. The van der Waals surface area contributed by atoms with Crippen LogP contribution in [0.15, 0.2) is 29.3 Å². The van der Waals surface area contributed by atoms with Crippen LogP contribution in [0.25, 0.3) is 17.0 Å². The molecule has 0 bridgehead atoms. The zero-order valence-corrected chi connectivity index (χ0v) is 20.9. The first-order valence-electron chi connectivity index (χ1n) is 11.4. The number of allylic oxidation sites excluding steroid dienone is 1. The van der Waals surface area contributed by atoms with Gasteiger partial charge in [0.25, 0.3) is 0 Å². The molecule has 1 aromatic heterocycles. The summed E-state index contributed by atoms with van der Waals surface area (Å²) in [4.78, 5) is 7.54. The number of benzene rings is 1. The van der Waals surface area contributed by atoms with Gasteiger partial charge in [0, 0.05) is 28.9 Å². The Kier molecular flexibility index (Phi) is 8.23. The maximum Gasteiger partial charge on any atom is 0.120 e. The Balaban J connectivity index is 2.15. The molecule has 0 aliphatic carbocycles. The fourth-order valence-corrected chi connectivity index (χ4v) is 4.93. The van der Waals surface area contributed by atoms with Gasteiger partial charge >= 0.3 is 0 Å². The molecule has 1 atom stereocenters. The van der Waals surface area contributed by atoms with Gasteiger partial charge < -0.3 is 4.90 Å². The Morgan fingerprint density at radius 2 is 1.94 bits per heavy atom. The molecule has 31 heavy (non-hydrogen) atoms. The minimum atomic E-state index is 0.543. The van der Waals surface area contributed by atoms with Crippen LogP contribution < -0.4 is 0 Å². The van der Waals surface area contributed by atoms with Crippen LogP contribution in [-0.2, 0) is 6.54 Å². The molecule has 1 aliphatic rings. The van der Waals surface area contributed by atoms with Gasteiger partial charge in [-0.3, -0.25) is 9.67 Å². The number of halogens is 2.